The Balaban J connectivity index is 1.85. The first kappa shape index (κ1) is 16.1. The van der Waals surface area contributed by atoms with Crippen LogP contribution in [0.3, 0.4) is 0 Å². The molecule has 21 heavy (non-hydrogen) atoms. The van der Waals surface area contributed by atoms with Gasteiger partial charge < -0.3 is 10.7 Å². The van der Waals surface area contributed by atoms with Crippen LogP contribution in [0.4, 0.5) is 5.69 Å². The van der Waals surface area contributed by atoms with Crippen LogP contribution in [-0.4, -0.2) is 12.5 Å². The number of benzene rings is 1. The quantitative estimate of drug-likeness (QED) is 0.575. The van der Waals surface area contributed by atoms with Crippen molar-refractivity contribution in [2.45, 2.75) is 39.0 Å². The Kier molecular flexibility index (Phi) is 5.88. The second-order valence-corrected chi connectivity index (χ2v) is 6.45. The molecule has 116 valence electrons. The van der Waals surface area contributed by atoms with Gasteiger partial charge in [0, 0.05) is 11.6 Å². The molecule has 1 aliphatic rings. The van der Waals surface area contributed by atoms with Crippen LogP contribution in [0.15, 0.2) is 18.2 Å². The van der Waals surface area contributed by atoms with Crippen LogP contribution in [0.25, 0.3) is 0 Å². The highest BCUT2D eigenvalue weighted by atomic mass is 35.5. The standard InChI is InChI=1S/C16H24ClN3O/c1-11-3-2-4-12(9-11)7-8-19-16(21)14-10-13(17)5-6-15(14)20-18/h5-6,10-12,20H,2-4,7-9,18H2,1H3,(H,19,21). The van der Waals surface area contributed by atoms with Gasteiger partial charge in [0.05, 0.1) is 11.3 Å². The Morgan fingerprint density at radius 1 is 1.43 bits per heavy atom. The molecule has 0 radical (unpaired) electrons. The number of carbonyl (C=O) groups excluding carboxylic acids is 1. The van der Waals surface area contributed by atoms with E-state index in [-0.39, 0.29) is 5.91 Å². The lowest BCUT2D eigenvalue weighted by Crippen LogP contribution is -2.28. The van der Waals surface area contributed by atoms with Gasteiger partial charge in [0.1, 0.15) is 0 Å². The minimum atomic E-state index is -0.130. The van der Waals surface area contributed by atoms with Gasteiger partial charge in [-0.3, -0.25) is 10.6 Å². The van der Waals surface area contributed by atoms with Gasteiger partial charge in [0.2, 0.25) is 0 Å². The molecule has 4 N–H and O–H groups in total. The van der Waals surface area contributed by atoms with Crippen molar-refractivity contribution in [2.24, 2.45) is 17.7 Å². The molecule has 4 nitrogen and oxygen atoms in total. The molecule has 0 heterocycles. The Hall–Kier alpha value is -1.26. The summed E-state index contributed by atoms with van der Waals surface area (Å²) < 4.78 is 0. The molecule has 0 aliphatic heterocycles. The van der Waals surface area contributed by atoms with Crippen LogP contribution in [0.2, 0.25) is 5.02 Å². The maximum Gasteiger partial charge on any atom is 0.253 e. The summed E-state index contributed by atoms with van der Waals surface area (Å²) in [7, 11) is 0. The second kappa shape index (κ2) is 7.66. The molecule has 2 unspecified atom stereocenters. The third-order valence-corrected chi connectivity index (χ3v) is 4.50. The second-order valence-electron chi connectivity index (χ2n) is 6.02. The number of nitrogens with one attached hydrogen (secondary N) is 2. The highest BCUT2D eigenvalue weighted by molar-refractivity contribution is 6.31. The first-order valence-corrected chi connectivity index (χ1v) is 8.02. The van der Waals surface area contributed by atoms with Crippen LogP contribution < -0.4 is 16.6 Å². The van der Waals surface area contributed by atoms with Crippen molar-refractivity contribution < 1.29 is 4.79 Å². The fraction of sp³-hybridized carbons (Fsp3) is 0.562. The van der Waals surface area contributed by atoms with E-state index in [1.54, 1.807) is 18.2 Å². The molecule has 1 amide bonds. The summed E-state index contributed by atoms with van der Waals surface area (Å²) in [6.45, 7) is 3.02. The van der Waals surface area contributed by atoms with Crippen molar-refractivity contribution in [2.75, 3.05) is 12.0 Å². The van der Waals surface area contributed by atoms with E-state index in [0.29, 0.717) is 22.8 Å². The lowest BCUT2D eigenvalue weighted by Gasteiger charge is -2.26. The number of hydrogen-bond acceptors (Lipinski definition) is 3. The summed E-state index contributed by atoms with van der Waals surface area (Å²) >= 11 is 5.94. The van der Waals surface area contributed by atoms with Crippen molar-refractivity contribution in [1.82, 2.24) is 5.32 Å². The molecule has 5 heteroatoms. The van der Waals surface area contributed by atoms with Gasteiger partial charge in [-0.15, -0.1) is 0 Å². The summed E-state index contributed by atoms with van der Waals surface area (Å²) in [5.41, 5.74) is 3.60. The summed E-state index contributed by atoms with van der Waals surface area (Å²) in [4.78, 5) is 12.2. The van der Waals surface area contributed by atoms with E-state index in [1.807, 2.05) is 0 Å². The van der Waals surface area contributed by atoms with Gasteiger partial charge in [0.15, 0.2) is 0 Å². The predicted octanol–water partition coefficient (Wildman–Crippen LogP) is 3.57. The van der Waals surface area contributed by atoms with Crippen LogP contribution in [0, 0.1) is 11.8 Å². The summed E-state index contributed by atoms with van der Waals surface area (Å²) in [6.07, 6.45) is 6.27. The van der Waals surface area contributed by atoms with Crippen molar-refractivity contribution in [3.8, 4) is 0 Å². The molecule has 0 spiro atoms. The Morgan fingerprint density at radius 3 is 2.95 bits per heavy atom. The fourth-order valence-corrected chi connectivity index (χ4v) is 3.31. The van der Waals surface area contributed by atoms with E-state index in [1.165, 1.54) is 25.7 Å². The minimum absolute atomic E-state index is 0.130. The highest BCUT2D eigenvalue weighted by Gasteiger charge is 2.19. The number of rotatable bonds is 5. The third-order valence-electron chi connectivity index (χ3n) is 4.26. The molecule has 1 aliphatic carbocycles. The number of amides is 1. The van der Waals surface area contributed by atoms with Gasteiger partial charge in [-0.2, -0.15) is 0 Å². The average molecular weight is 310 g/mol. The normalized spacial score (nSPS) is 21.9. The minimum Gasteiger partial charge on any atom is -0.352 e. The first-order chi connectivity index (χ1) is 10.1. The van der Waals surface area contributed by atoms with E-state index in [2.05, 4.69) is 17.7 Å². The largest absolute Gasteiger partial charge is 0.352 e. The number of nitrogens with two attached hydrogens (primary N) is 1. The molecule has 0 saturated heterocycles. The highest BCUT2D eigenvalue weighted by Crippen LogP contribution is 2.30. The molecule has 0 bridgehead atoms. The van der Waals surface area contributed by atoms with Gasteiger partial charge in [-0.1, -0.05) is 37.8 Å². The topological polar surface area (TPSA) is 67.2 Å². The summed E-state index contributed by atoms with van der Waals surface area (Å²) in [6, 6.07) is 5.05. The van der Waals surface area contributed by atoms with E-state index in [0.717, 1.165) is 18.3 Å². The Morgan fingerprint density at radius 2 is 2.24 bits per heavy atom. The zero-order valence-corrected chi connectivity index (χ0v) is 13.2. The SMILES string of the molecule is CC1CCCC(CCNC(=O)c2cc(Cl)ccc2NN)C1. The van der Waals surface area contributed by atoms with E-state index in [4.69, 9.17) is 17.4 Å². The Labute approximate surface area is 131 Å². The Bertz CT molecular complexity index is 492. The maximum absolute atomic E-state index is 12.2. The zero-order chi connectivity index (χ0) is 15.2. The number of hydrogen-bond donors (Lipinski definition) is 3. The lowest BCUT2D eigenvalue weighted by molar-refractivity contribution is 0.0950. The number of nitrogen functional groups attached to an aromatic ring is 1. The predicted molar refractivity (Wildman–Crippen MR) is 87.3 cm³/mol. The van der Waals surface area contributed by atoms with Crippen molar-refractivity contribution in [1.29, 1.82) is 0 Å². The first-order valence-electron chi connectivity index (χ1n) is 7.64. The molecule has 1 fully saturated rings. The number of halogens is 1. The van der Waals surface area contributed by atoms with Crippen molar-refractivity contribution in [3.63, 3.8) is 0 Å². The molecule has 1 aromatic carbocycles. The third kappa shape index (κ3) is 4.61. The average Bonchev–Trinajstić information content (AvgIpc) is 2.47. The fourth-order valence-electron chi connectivity index (χ4n) is 3.14. The van der Waals surface area contributed by atoms with Crippen LogP contribution in [-0.2, 0) is 0 Å². The van der Waals surface area contributed by atoms with Crippen LogP contribution >= 0.6 is 11.6 Å². The zero-order valence-electron chi connectivity index (χ0n) is 12.5. The van der Waals surface area contributed by atoms with Gasteiger partial charge in [-0.25, -0.2) is 0 Å². The van der Waals surface area contributed by atoms with Gasteiger partial charge in [0.25, 0.3) is 5.91 Å². The lowest BCUT2D eigenvalue weighted by atomic mass is 9.81. The summed E-state index contributed by atoms with van der Waals surface area (Å²) in [5.74, 6) is 6.85. The van der Waals surface area contributed by atoms with E-state index < -0.39 is 0 Å². The monoisotopic (exact) mass is 309 g/mol. The van der Waals surface area contributed by atoms with Crippen LogP contribution in [0.5, 0.6) is 0 Å². The molecule has 1 saturated carbocycles. The molecule has 1 aromatic rings. The van der Waals surface area contributed by atoms with E-state index >= 15 is 0 Å². The van der Waals surface area contributed by atoms with Crippen LogP contribution in [0.1, 0.15) is 49.4 Å². The van der Waals surface area contributed by atoms with Crippen molar-refractivity contribution in [3.05, 3.63) is 28.8 Å². The van der Waals surface area contributed by atoms with E-state index in [9.17, 15) is 4.79 Å². The maximum atomic E-state index is 12.2. The number of anilines is 1. The molecule has 2 atom stereocenters. The molecule has 2 rings (SSSR count). The van der Waals surface area contributed by atoms with Crippen molar-refractivity contribution >= 4 is 23.2 Å². The van der Waals surface area contributed by atoms with Gasteiger partial charge >= 0.3 is 0 Å². The molecular formula is C16H24ClN3O. The smallest absolute Gasteiger partial charge is 0.253 e. The molecule has 0 aromatic heterocycles. The number of carbonyl (C=O) groups is 1. The summed E-state index contributed by atoms with van der Waals surface area (Å²) in [5, 5.41) is 3.50. The molecular weight excluding hydrogens is 286 g/mol. The number of hydrazine groups is 1. The van der Waals surface area contributed by atoms with Gasteiger partial charge in [-0.05, 0) is 42.9 Å².